The zero-order chi connectivity index (χ0) is 16.7. The Morgan fingerprint density at radius 2 is 1.09 bits per heavy atom. The second-order valence-electron chi connectivity index (χ2n) is 7.02. The number of hydrogen-bond donors (Lipinski definition) is 2. The van der Waals surface area contributed by atoms with Gasteiger partial charge in [0, 0.05) is 0 Å². The van der Waals surface area contributed by atoms with Crippen LogP contribution in [0, 0.1) is 0 Å². The number of aliphatic hydroxyl groups excluding tert-OH is 1. The normalized spacial score (nSPS) is 12.9. The van der Waals surface area contributed by atoms with Gasteiger partial charge in [0.25, 0.3) is 0 Å². The van der Waals surface area contributed by atoms with E-state index < -0.39 is 0 Å². The molecule has 23 heavy (non-hydrogen) atoms. The number of aliphatic hydroxyl groups is 1. The van der Waals surface area contributed by atoms with Crippen LogP contribution >= 0.6 is 15.9 Å². The van der Waals surface area contributed by atoms with E-state index in [0.29, 0.717) is 0 Å². The summed E-state index contributed by atoms with van der Waals surface area (Å²) < 4.78 is -0.0271. The highest BCUT2D eigenvalue weighted by Crippen LogP contribution is 2.37. The van der Waals surface area contributed by atoms with Gasteiger partial charge in [-0.05, 0) is 19.3 Å². The fourth-order valence-corrected chi connectivity index (χ4v) is 3.96. The van der Waals surface area contributed by atoms with Crippen LogP contribution in [0.3, 0.4) is 0 Å². The van der Waals surface area contributed by atoms with E-state index >= 15 is 0 Å². The van der Waals surface area contributed by atoms with Gasteiger partial charge in [0.05, 0.1) is 10.4 Å². The van der Waals surface area contributed by atoms with Gasteiger partial charge in [-0.3, -0.25) is 0 Å². The molecule has 0 saturated heterocycles. The maximum absolute atomic E-state index is 10.7. The molecule has 0 aromatic heterocycles. The largest absolute Gasteiger partial charge is 0.392 e. The molecule has 0 aliphatic heterocycles. The molecule has 0 rings (SSSR count). The molecule has 0 spiro atoms. The average Bonchev–Trinajstić information content (AvgIpc) is 2.52. The van der Waals surface area contributed by atoms with Crippen LogP contribution in [0.5, 0.6) is 0 Å². The predicted octanol–water partition coefficient (Wildman–Crippen LogP) is 7.55. The van der Waals surface area contributed by atoms with Gasteiger partial charge in [0.15, 0.2) is 0 Å². The van der Waals surface area contributed by atoms with Crippen molar-refractivity contribution in [3.63, 3.8) is 0 Å². The first-order valence-corrected chi connectivity index (χ1v) is 10.8. The van der Waals surface area contributed by atoms with E-state index in [2.05, 4.69) is 36.7 Å². The highest BCUT2D eigenvalue weighted by atomic mass is 79.9. The Kier molecular flexibility index (Phi) is 19.2. The quantitative estimate of drug-likeness (QED) is 0.210. The number of alkyl halides is 1. The molecule has 2 nitrogen and oxygen atoms in total. The van der Waals surface area contributed by atoms with Gasteiger partial charge >= 0.3 is 0 Å². The lowest BCUT2D eigenvalue weighted by molar-refractivity contribution is 0.106. The summed E-state index contributed by atoms with van der Waals surface area (Å²) in [5, 5.41) is 10.7. The van der Waals surface area contributed by atoms with E-state index in [1.165, 1.54) is 77.0 Å². The second kappa shape index (κ2) is 17.2. The molecule has 0 aromatic carbocycles. The third kappa shape index (κ3) is 13.4. The van der Waals surface area contributed by atoms with Crippen molar-refractivity contribution in [3.8, 4) is 0 Å². The van der Waals surface area contributed by atoms with E-state index in [1.54, 1.807) is 0 Å². The molecule has 0 amide bonds. The molecule has 0 bridgehead atoms. The van der Waals surface area contributed by atoms with Crippen LogP contribution in [-0.2, 0) is 0 Å². The number of rotatable bonds is 16. The summed E-state index contributed by atoms with van der Waals surface area (Å²) in [7, 11) is 0. The standard InChI is InChI=1S/C20H41BrO.H3N/c1-4-7-10-13-16-19(22)20(21,17-14-11-8-5-2)18-15-12-9-6-3;/h19,22H,4-18H2,1-3H3;1H3. The van der Waals surface area contributed by atoms with Crippen molar-refractivity contribution in [2.75, 3.05) is 0 Å². The van der Waals surface area contributed by atoms with Crippen molar-refractivity contribution >= 4 is 15.9 Å². The second-order valence-corrected chi connectivity index (χ2v) is 8.60. The number of hydrogen-bond acceptors (Lipinski definition) is 2. The van der Waals surface area contributed by atoms with E-state index in [0.717, 1.165) is 19.3 Å². The van der Waals surface area contributed by atoms with Gasteiger partial charge in [-0.25, -0.2) is 0 Å². The highest BCUT2D eigenvalue weighted by Gasteiger charge is 2.33. The minimum Gasteiger partial charge on any atom is -0.392 e. The van der Waals surface area contributed by atoms with Gasteiger partial charge in [-0.2, -0.15) is 0 Å². The molecule has 0 aromatic rings. The van der Waals surface area contributed by atoms with Gasteiger partial charge in [-0.15, -0.1) is 0 Å². The lowest BCUT2D eigenvalue weighted by Gasteiger charge is -2.33. The molecule has 0 radical (unpaired) electrons. The zero-order valence-electron chi connectivity index (χ0n) is 16.2. The Morgan fingerprint density at radius 3 is 1.48 bits per heavy atom. The van der Waals surface area contributed by atoms with Crippen molar-refractivity contribution < 1.29 is 5.11 Å². The fraction of sp³-hybridized carbons (Fsp3) is 1.00. The van der Waals surface area contributed by atoms with Crippen LogP contribution in [-0.4, -0.2) is 15.5 Å². The van der Waals surface area contributed by atoms with Crippen molar-refractivity contribution in [2.45, 2.75) is 128 Å². The maximum Gasteiger partial charge on any atom is 0.0693 e. The molecule has 142 valence electrons. The van der Waals surface area contributed by atoms with Gasteiger partial charge in [0.2, 0.25) is 0 Å². The Balaban J connectivity index is 0. The third-order valence-electron chi connectivity index (χ3n) is 4.82. The average molecular weight is 394 g/mol. The molecule has 0 saturated carbocycles. The smallest absolute Gasteiger partial charge is 0.0693 e. The van der Waals surface area contributed by atoms with Crippen molar-refractivity contribution in [3.05, 3.63) is 0 Å². The van der Waals surface area contributed by atoms with Crippen LogP contribution in [0.25, 0.3) is 0 Å². The van der Waals surface area contributed by atoms with Gasteiger partial charge in [-0.1, -0.05) is 114 Å². The van der Waals surface area contributed by atoms with Gasteiger partial charge < -0.3 is 11.3 Å². The topological polar surface area (TPSA) is 55.2 Å². The van der Waals surface area contributed by atoms with E-state index in [4.69, 9.17) is 0 Å². The molecule has 1 unspecified atom stereocenters. The van der Waals surface area contributed by atoms with E-state index in [9.17, 15) is 5.11 Å². The summed E-state index contributed by atoms with van der Waals surface area (Å²) in [6.07, 6.45) is 18.4. The van der Waals surface area contributed by atoms with Gasteiger partial charge in [0.1, 0.15) is 0 Å². The highest BCUT2D eigenvalue weighted by molar-refractivity contribution is 9.10. The monoisotopic (exact) mass is 393 g/mol. The van der Waals surface area contributed by atoms with Crippen LogP contribution in [0.2, 0.25) is 0 Å². The molecule has 3 heteroatoms. The molecule has 4 N–H and O–H groups in total. The minimum atomic E-state index is -0.174. The lowest BCUT2D eigenvalue weighted by Crippen LogP contribution is -2.36. The summed E-state index contributed by atoms with van der Waals surface area (Å²) in [5.74, 6) is 0. The van der Waals surface area contributed by atoms with E-state index in [1.807, 2.05) is 0 Å². The lowest BCUT2D eigenvalue weighted by atomic mass is 9.87. The predicted molar refractivity (Wildman–Crippen MR) is 109 cm³/mol. The SMILES string of the molecule is CCCCCCC(O)C(Br)(CCCCCC)CCCCCC.N. The Hall–Kier alpha value is 0.400. The molecule has 0 heterocycles. The van der Waals surface area contributed by atoms with Crippen LogP contribution in [0.15, 0.2) is 0 Å². The summed E-state index contributed by atoms with van der Waals surface area (Å²) >= 11 is 3.97. The summed E-state index contributed by atoms with van der Waals surface area (Å²) in [5.41, 5.74) is 0. The molecular weight excluding hydrogens is 350 g/mol. The summed E-state index contributed by atoms with van der Waals surface area (Å²) in [4.78, 5) is 0. The first kappa shape index (κ1) is 25.6. The fourth-order valence-electron chi connectivity index (χ4n) is 3.17. The Labute approximate surface area is 154 Å². The zero-order valence-corrected chi connectivity index (χ0v) is 17.8. The first-order valence-electron chi connectivity index (χ1n) is 9.97. The molecule has 0 aliphatic carbocycles. The Bertz CT molecular complexity index is 224. The summed E-state index contributed by atoms with van der Waals surface area (Å²) in [6, 6.07) is 0. The minimum absolute atomic E-state index is 0. The molecule has 0 fully saturated rings. The molecule has 1 atom stereocenters. The number of halogens is 1. The van der Waals surface area contributed by atoms with Crippen LogP contribution in [0.4, 0.5) is 0 Å². The van der Waals surface area contributed by atoms with Crippen molar-refractivity contribution in [1.82, 2.24) is 6.15 Å². The molecular formula is C20H44BrNO. The summed E-state index contributed by atoms with van der Waals surface area (Å²) in [6.45, 7) is 6.76. The third-order valence-corrected chi connectivity index (χ3v) is 6.14. The first-order chi connectivity index (χ1) is 10.6. The van der Waals surface area contributed by atoms with E-state index in [-0.39, 0.29) is 16.6 Å². The van der Waals surface area contributed by atoms with Crippen molar-refractivity contribution in [2.24, 2.45) is 0 Å². The van der Waals surface area contributed by atoms with Crippen LogP contribution in [0.1, 0.15) is 117 Å². The van der Waals surface area contributed by atoms with Crippen LogP contribution < -0.4 is 6.15 Å². The number of unbranched alkanes of at least 4 members (excludes halogenated alkanes) is 9. The molecule has 0 aliphatic rings. The maximum atomic E-state index is 10.7. The van der Waals surface area contributed by atoms with Crippen molar-refractivity contribution in [1.29, 1.82) is 0 Å². The Morgan fingerprint density at radius 1 is 0.696 bits per heavy atom.